The third-order valence-electron chi connectivity index (χ3n) is 5.36. The highest BCUT2D eigenvalue weighted by atomic mass is 16.1. The Labute approximate surface area is 153 Å². The quantitative estimate of drug-likeness (QED) is 0.754. The van der Waals surface area contributed by atoms with Crippen molar-refractivity contribution in [1.82, 2.24) is 15.3 Å². The van der Waals surface area contributed by atoms with Crippen molar-refractivity contribution in [2.24, 2.45) is 5.92 Å². The molecule has 2 atom stereocenters. The molecule has 2 aromatic heterocycles. The summed E-state index contributed by atoms with van der Waals surface area (Å²) in [4.78, 5) is 21.9. The van der Waals surface area contributed by atoms with Crippen LogP contribution in [0.2, 0.25) is 0 Å². The van der Waals surface area contributed by atoms with E-state index in [0.29, 0.717) is 11.5 Å². The Morgan fingerprint density at radius 3 is 2.65 bits per heavy atom. The van der Waals surface area contributed by atoms with E-state index in [-0.39, 0.29) is 11.9 Å². The first kappa shape index (κ1) is 16.7. The van der Waals surface area contributed by atoms with Gasteiger partial charge in [0.15, 0.2) is 0 Å². The van der Waals surface area contributed by atoms with E-state index >= 15 is 0 Å². The normalized spacial score (nSPS) is 20.0. The van der Waals surface area contributed by atoms with Crippen LogP contribution in [-0.2, 0) is 0 Å². The largest absolute Gasteiger partial charge is 0.349 e. The number of nitrogens with zero attached hydrogens (tertiary/aromatic N) is 2. The second kappa shape index (κ2) is 7.24. The second-order valence-corrected chi connectivity index (χ2v) is 7.15. The third-order valence-corrected chi connectivity index (χ3v) is 5.36. The Morgan fingerprint density at radius 2 is 1.85 bits per heavy atom. The molecule has 0 spiro atoms. The second-order valence-electron chi connectivity index (χ2n) is 7.15. The summed E-state index contributed by atoms with van der Waals surface area (Å²) in [6.45, 7) is 2.23. The molecule has 0 aliphatic heterocycles. The van der Waals surface area contributed by atoms with Crippen molar-refractivity contribution in [1.29, 1.82) is 0 Å². The Kier molecular flexibility index (Phi) is 4.65. The highest BCUT2D eigenvalue weighted by Crippen LogP contribution is 2.27. The molecule has 0 saturated heterocycles. The molecule has 1 amide bonds. The van der Waals surface area contributed by atoms with Crippen LogP contribution < -0.4 is 5.32 Å². The van der Waals surface area contributed by atoms with Gasteiger partial charge in [-0.2, -0.15) is 0 Å². The van der Waals surface area contributed by atoms with Crippen LogP contribution in [0.15, 0.2) is 54.9 Å². The lowest BCUT2D eigenvalue weighted by atomic mass is 9.86. The van der Waals surface area contributed by atoms with Crippen LogP contribution >= 0.6 is 0 Å². The topological polar surface area (TPSA) is 54.9 Å². The van der Waals surface area contributed by atoms with E-state index < -0.39 is 0 Å². The zero-order valence-electron chi connectivity index (χ0n) is 15.0. The van der Waals surface area contributed by atoms with Crippen LogP contribution in [0.4, 0.5) is 0 Å². The summed E-state index contributed by atoms with van der Waals surface area (Å²) in [6.07, 6.45) is 8.19. The summed E-state index contributed by atoms with van der Waals surface area (Å²) in [6, 6.07) is 13.8. The molecule has 0 bridgehead atoms. The van der Waals surface area contributed by atoms with Gasteiger partial charge in [-0.05, 0) is 43.0 Å². The van der Waals surface area contributed by atoms with E-state index in [1.165, 1.54) is 19.3 Å². The van der Waals surface area contributed by atoms with Crippen molar-refractivity contribution in [2.75, 3.05) is 0 Å². The molecular formula is C22H23N3O. The zero-order chi connectivity index (χ0) is 17.9. The number of pyridine rings is 2. The summed E-state index contributed by atoms with van der Waals surface area (Å²) in [5.74, 6) is 0.526. The fourth-order valence-electron chi connectivity index (χ4n) is 3.81. The Balaban J connectivity index is 1.74. The molecule has 1 saturated carbocycles. The summed E-state index contributed by atoms with van der Waals surface area (Å²) >= 11 is 0. The number of para-hydroxylation sites is 1. The maximum absolute atomic E-state index is 13.1. The number of aromatic nitrogens is 2. The minimum absolute atomic E-state index is 0.00217. The summed E-state index contributed by atoms with van der Waals surface area (Å²) in [5, 5.41) is 4.17. The van der Waals surface area contributed by atoms with Crippen LogP contribution in [-0.4, -0.2) is 21.9 Å². The highest BCUT2D eigenvalue weighted by Gasteiger charge is 2.24. The molecule has 3 aromatic rings. The first-order valence-corrected chi connectivity index (χ1v) is 9.33. The number of rotatable bonds is 3. The lowest BCUT2D eigenvalue weighted by Crippen LogP contribution is -2.41. The molecule has 4 nitrogen and oxygen atoms in total. The monoisotopic (exact) mass is 345 g/mol. The SMILES string of the molecule is CC1CCCCC1NC(=O)c1cc(-c2ccncc2)nc2ccccc12. The smallest absolute Gasteiger partial charge is 0.252 e. The number of carbonyl (C=O) groups is 1. The van der Waals surface area contributed by atoms with Crippen molar-refractivity contribution >= 4 is 16.8 Å². The van der Waals surface area contributed by atoms with Gasteiger partial charge in [0.2, 0.25) is 0 Å². The summed E-state index contributed by atoms with van der Waals surface area (Å²) in [5.41, 5.74) is 3.29. The Morgan fingerprint density at radius 1 is 1.08 bits per heavy atom. The van der Waals surface area contributed by atoms with Gasteiger partial charge < -0.3 is 5.32 Å². The van der Waals surface area contributed by atoms with Gasteiger partial charge in [-0.3, -0.25) is 9.78 Å². The molecule has 2 unspecified atom stereocenters. The van der Waals surface area contributed by atoms with E-state index in [9.17, 15) is 4.79 Å². The minimum atomic E-state index is -0.00217. The highest BCUT2D eigenvalue weighted by molar-refractivity contribution is 6.07. The molecule has 0 radical (unpaired) electrons. The van der Waals surface area contributed by atoms with Crippen LogP contribution in [0.1, 0.15) is 43.0 Å². The maximum atomic E-state index is 13.1. The van der Waals surface area contributed by atoms with Crippen molar-refractivity contribution in [3.63, 3.8) is 0 Å². The molecular weight excluding hydrogens is 322 g/mol. The lowest BCUT2D eigenvalue weighted by molar-refractivity contribution is 0.0912. The fraction of sp³-hybridized carbons (Fsp3) is 0.318. The molecule has 132 valence electrons. The number of carbonyl (C=O) groups excluding carboxylic acids is 1. The fourth-order valence-corrected chi connectivity index (χ4v) is 3.81. The molecule has 1 aliphatic carbocycles. The van der Waals surface area contributed by atoms with Crippen molar-refractivity contribution < 1.29 is 4.79 Å². The van der Waals surface area contributed by atoms with Gasteiger partial charge in [-0.25, -0.2) is 4.98 Å². The maximum Gasteiger partial charge on any atom is 0.252 e. The summed E-state index contributed by atoms with van der Waals surface area (Å²) in [7, 11) is 0. The van der Waals surface area contributed by atoms with Crippen molar-refractivity contribution in [2.45, 2.75) is 38.6 Å². The molecule has 1 aromatic carbocycles. The lowest BCUT2D eigenvalue weighted by Gasteiger charge is -2.29. The van der Waals surface area contributed by atoms with Crippen LogP contribution in [0.3, 0.4) is 0 Å². The predicted molar refractivity (Wildman–Crippen MR) is 104 cm³/mol. The minimum Gasteiger partial charge on any atom is -0.349 e. The Hall–Kier alpha value is -2.75. The van der Waals surface area contributed by atoms with E-state index in [4.69, 9.17) is 4.98 Å². The molecule has 2 heterocycles. The number of hydrogen-bond donors (Lipinski definition) is 1. The van der Waals surface area contributed by atoms with E-state index in [2.05, 4.69) is 17.2 Å². The standard InChI is InChI=1S/C22H23N3O/c1-15-6-2-4-8-19(15)25-22(26)18-14-21(16-10-12-23-13-11-16)24-20-9-5-3-7-17(18)20/h3,5,7,9-15,19H,2,4,6,8H2,1H3,(H,25,26). The van der Waals surface area contributed by atoms with Crippen LogP contribution in [0.25, 0.3) is 22.2 Å². The van der Waals surface area contributed by atoms with E-state index in [1.807, 2.05) is 42.5 Å². The van der Waals surface area contributed by atoms with Gasteiger partial charge in [-0.1, -0.05) is 38.0 Å². The van der Waals surface area contributed by atoms with Gasteiger partial charge in [0.1, 0.15) is 0 Å². The van der Waals surface area contributed by atoms with Gasteiger partial charge in [0.25, 0.3) is 5.91 Å². The first-order valence-electron chi connectivity index (χ1n) is 9.33. The van der Waals surface area contributed by atoms with E-state index in [1.54, 1.807) is 12.4 Å². The van der Waals surface area contributed by atoms with Crippen LogP contribution in [0.5, 0.6) is 0 Å². The van der Waals surface area contributed by atoms with Crippen molar-refractivity contribution in [3.05, 3.63) is 60.4 Å². The number of fused-ring (bicyclic) bond motifs is 1. The average Bonchev–Trinajstić information content (AvgIpc) is 2.69. The first-order chi connectivity index (χ1) is 12.7. The zero-order valence-corrected chi connectivity index (χ0v) is 15.0. The molecule has 4 rings (SSSR count). The predicted octanol–water partition coefficient (Wildman–Crippen LogP) is 4.61. The van der Waals surface area contributed by atoms with E-state index in [0.717, 1.165) is 28.6 Å². The van der Waals surface area contributed by atoms with Gasteiger partial charge >= 0.3 is 0 Å². The molecule has 1 N–H and O–H groups in total. The summed E-state index contributed by atoms with van der Waals surface area (Å²) < 4.78 is 0. The molecule has 1 fully saturated rings. The third kappa shape index (κ3) is 3.32. The van der Waals surface area contributed by atoms with Crippen molar-refractivity contribution in [3.8, 4) is 11.3 Å². The Bertz CT molecular complexity index is 923. The molecule has 1 aliphatic rings. The number of amides is 1. The molecule has 4 heteroatoms. The van der Waals surface area contributed by atoms with Crippen LogP contribution in [0, 0.1) is 5.92 Å². The number of nitrogens with one attached hydrogen (secondary N) is 1. The molecule has 26 heavy (non-hydrogen) atoms. The van der Waals surface area contributed by atoms with Gasteiger partial charge in [-0.15, -0.1) is 0 Å². The van der Waals surface area contributed by atoms with Gasteiger partial charge in [0.05, 0.1) is 16.8 Å². The number of benzene rings is 1. The number of hydrogen-bond acceptors (Lipinski definition) is 3. The average molecular weight is 345 g/mol. The van der Waals surface area contributed by atoms with Gasteiger partial charge in [0, 0.05) is 29.4 Å².